The average Bonchev–Trinajstić information content (AvgIpc) is 2.79. The number of pyridine rings is 1. The first-order chi connectivity index (χ1) is 14.6. The number of aliphatic imine (C=N–C) groups is 1. The molecular formula is C23H33IN6O. The molecule has 3 N–H and O–H groups in total. The van der Waals surface area contributed by atoms with Crippen molar-refractivity contribution in [1.82, 2.24) is 9.88 Å². The molecule has 1 aliphatic rings. The zero-order valence-electron chi connectivity index (χ0n) is 18.3. The zero-order valence-corrected chi connectivity index (χ0v) is 20.7. The summed E-state index contributed by atoms with van der Waals surface area (Å²) in [5.41, 5.74) is 8.19. The van der Waals surface area contributed by atoms with Gasteiger partial charge in [-0.15, -0.1) is 24.0 Å². The van der Waals surface area contributed by atoms with E-state index in [1.807, 2.05) is 35.2 Å². The van der Waals surface area contributed by atoms with Crippen molar-refractivity contribution < 1.29 is 4.79 Å². The fourth-order valence-electron chi connectivity index (χ4n) is 3.47. The smallest absolute Gasteiger partial charge is 0.224 e. The maximum absolute atomic E-state index is 12.5. The molecule has 2 aromatic rings. The minimum atomic E-state index is 0. The number of guanidine groups is 1. The molecule has 1 aromatic carbocycles. The number of hydrogen-bond acceptors (Lipinski definition) is 4. The number of piperazine rings is 1. The van der Waals surface area contributed by atoms with Crippen LogP contribution in [0.4, 0.5) is 11.5 Å². The molecule has 0 saturated carbocycles. The van der Waals surface area contributed by atoms with Crippen LogP contribution in [0.1, 0.15) is 38.2 Å². The maximum Gasteiger partial charge on any atom is 0.224 e. The summed E-state index contributed by atoms with van der Waals surface area (Å²) in [6, 6.07) is 14.1. The zero-order chi connectivity index (χ0) is 21.3. The Morgan fingerprint density at radius 2 is 1.87 bits per heavy atom. The van der Waals surface area contributed by atoms with Crippen LogP contribution in [0.5, 0.6) is 0 Å². The van der Waals surface area contributed by atoms with Crippen LogP contribution in [0.25, 0.3) is 0 Å². The van der Waals surface area contributed by atoms with Crippen molar-refractivity contribution in [3.8, 4) is 0 Å². The summed E-state index contributed by atoms with van der Waals surface area (Å²) in [6.45, 7) is 7.77. The van der Waals surface area contributed by atoms with E-state index in [-0.39, 0.29) is 29.9 Å². The number of amides is 1. The van der Waals surface area contributed by atoms with Crippen molar-refractivity contribution in [2.45, 2.75) is 32.6 Å². The largest absolute Gasteiger partial charge is 0.370 e. The van der Waals surface area contributed by atoms with Gasteiger partial charge in [-0.3, -0.25) is 9.79 Å². The van der Waals surface area contributed by atoms with Crippen LogP contribution in [0.2, 0.25) is 0 Å². The van der Waals surface area contributed by atoms with Gasteiger partial charge in [0.15, 0.2) is 5.96 Å². The Kier molecular flexibility index (Phi) is 10.0. The van der Waals surface area contributed by atoms with Crippen LogP contribution < -0.4 is 16.0 Å². The number of hydrogen-bond donors (Lipinski definition) is 2. The Bertz CT molecular complexity index is 835. The molecule has 1 aromatic heterocycles. The predicted octanol–water partition coefficient (Wildman–Crippen LogP) is 3.68. The second-order valence-corrected chi connectivity index (χ2v) is 7.63. The van der Waals surface area contributed by atoms with Crippen LogP contribution in [-0.2, 0) is 4.79 Å². The van der Waals surface area contributed by atoms with E-state index >= 15 is 0 Å². The minimum absolute atomic E-state index is 0. The van der Waals surface area contributed by atoms with Gasteiger partial charge >= 0.3 is 0 Å². The first kappa shape index (κ1) is 24.9. The number of anilines is 2. The van der Waals surface area contributed by atoms with E-state index in [1.54, 1.807) is 6.20 Å². The summed E-state index contributed by atoms with van der Waals surface area (Å²) in [5, 5.41) is 3.09. The highest BCUT2D eigenvalue weighted by Gasteiger charge is 2.21. The number of carbonyl (C=O) groups is 1. The quantitative estimate of drug-likeness (QED) is 0.321. The molecule has 1 fully saturated rings. The lowest BCUT2D eigenvalue weighted by atomic mass is 9.99. The minimum Gasteiger partial charge on any atom is -0.370 e. The summed E-state index contributed by atoms with van der Waals surface area (Å²) in [6.07, 6.45) is 3.27. The number of carbonyl (C=O) groups excluding carboxylic acids is 1. The number of aromatic nitrogens is 1. The van der Waals surface area contributed by atoms with Gasteiger partial charge < -0.3 is 20.9 Å². The van der Waals surface area contributed by atoms with Gasteiger partial charge in [-0.1, -0.05) is 32.0 Å². The summed E-state index contributed by atoms with van der Waals surface area (Å²) < 4.78 is 0. The standard InChI is InChI=1S/C23H32N6O.HI/c1-3-18(2)19-7-9-20(10-8-19)27-23(24)26-13-11-22(30)29-16-14-28(15-17-29)21-6-4-5-12-25-21;/h4-10,12,18H,3,11,13-17H2,1-2H3,(H3,24,26,27);1H. The van der Waals surface area contributed by atoms with Crippen molar-refractivity contribution in [2.24, 2.45) is 10.7 Å². The van der Waals surface area contributed by atoms with Gasteiger partial charge in [-0.05, 0) is 42.2 Å². The van der Waals surface area contributed by atoms with Gasteiger partial charge in [0.05, 0.1) is 6.54 Å². The van der Waals surface area contributed by atoms with Crippen LogP contribution in [0.3, 0.4) is 0 Å². The van der Waals surface area contributed by atoms with E-state index in [9.17, 15) is 4.79 Å². The summed E-state index contributed by atoms with van der Waals surface area (Å²) in [4.78, 5) is 25.3. The number of benzene rings is 1. The molecule has 1 atom stereocenters. The lowest BCUT2D eigenvalue weighted by Crippen LogP contribution is -2.49. The van der Waals surface area contributed by atoms with Gasteiger partial charge in [0, 0.05) is 44.5 Å². The lowest BCUT2D eigenvalue weighted by Gasteiger charge is -2.35. The normalized spacial score (nSPS) is 15.2. The molecular weight excluding hydrogens is 503 g/mol. The fraction of sp³-hybridized carbons (Fsp3) is 0.435. The predicted molar refractivity (Wildman–Crippen MR) is 138 cm³/mol. The van der Waals surface area contributed by atoms with E-state index < -0.39 is 0 Å². The molecule has 0 bridgehead atoms. The van der Waals surface area contributed by atoms with Crippen LogP contribution >= 0.6 is 24.0 Å². The Morgan fingerprint density at radius 3 is 2.48 bits per heavy atom. The third-order valence-corrected chi connectivity index (χ3v) is 5.58. The summed E-state index contributed by atoms with van der Waals surface area (Å²) in [7, 11) is 0. The van der Waals surface area contributed by atoms with Gasteiger partial charge in [0.25, 0.3) is 0 Å². The molecule has 2 heterocycles. The average molecular weight is 536 g/mol. The van der Waals surface area contributed by atoms with Gasteiger partial charge in [0.2, 0.25) is 5.91 Å². The lowest BCUT2D eigenvalue weighted by molar-refractivity contribution is -0.131. The molecule has 1 amide bonds. The molecule has 0 aliphatic carbocycles. The number of nitrogens with two attached hydrogens (primary N) is 1. The second-order valence-electron chi connectivity index (χ2n) is 7.63. The van der Waals surface area contributed by atoms with E-state index in [0.717, 1.165) is 31.0 Å². The van der Waals surface area contributed by atoms with E-state index in [0.29, 0.717) is 37.9 Å². The Balaban J connectivity index is 0.00000341. The monoisotopic (exact) mass is 536 g/mol. The molecule has 8 heteroatoms. The van der Waals surface area contributed by atoms with Crippen LogP contribution in [-0.4, -0.2) is 54.5 Å². The SMILES string of the molecule is CCC(C)c1ccc(NC(N)=NCCC(=O)N2CCN(c3ccccn3)CC2)cc1.I. The highest BCUT2D eigenvalue weighted by molar-refractivity contribution is 14.0. The maximum atomic E-state index is 12.5. The highest BCUT2D eigenvalue weighted by Crippen LogP contribution is 2.20. The van der Waals surface area contributed by atoms with Crippen molar-refractivity contribution in [3.63, 3.8) is 0 Å². The number of rotatable bonds is 7. The molecule has 7 nitrogen and oxygen atoms in total. The topological polar surface area (TPSA) is 86.8 Å². The summed E-state index contributed by atoms with van der Waals surface area (Å²) >= 11 is 0. The van der Waals surface area contributed by atoms with Crippen molar-refractivity contribution in [1.29, 1.82) is 0 Å². The first-order valence-corrected chi connectivity index (χ1v) is 10.7. The number of nitrogens with zero attached hydrogens (tertiary/aromatic N) is 4. The second kappa shape index (κ2) is 12.5. The molecule has 0 spiro atoms. The van der Waals surface area contributed by atoms with Crippen molar-refractivity contribution in [3.05, 3.63) is 54.2 Å². The van der Waals surface area contributed by atoms with Crippen LogP contribution in [0.15, 0.2) is 53.7 Å². The third kappa shape index (κ3) is 7.37. The molecule has 168 valence electrons. The molecule has 0 radical (unpaired) electrons. The first-order valence-electron chi connectivity index (χ1n) is 10.7. The molecule has 3 rings (SSSR count). The molecule has 31 heavy (non-hydrogen) atoms. The van der Waals surface area contributed by atoms with Gasteiger partial charge in [-0.25, -0.2) is 4.98 Å². The van der Waals surface area contributed by atoms with Crippen LogP contribution in [0, 0.1) is 0 Å². The van der Waals surface area contributed by atoms with E-state index in [2.05, 4.69) is 46.2 Å². The van der Waals surface area contributed by atoms with Crippen molar-refractivity contribution >= 4 is 47.3 Å². The fourth-order valence-corrected chi connectivity index (χ4v) is 3.47. The molecule has 1 aliphatic heterocycles. The van der Waals surface area contributed by atoms with E-state index in [1.165, 1.54) is 5.56 Å². The number of halogens is 1. The van der Waals surface area contributed by atoms with E-state index in [4.69, 9.17) is 5.73 Å². The Hall–Kier alpha value is -2.36. The third-order valence-electron chi connectivity index (χ3n) is 5.58. The van der Waals surface area contributed by atoms with Crippen molar-refractivity contribution in [2.75, 3.05) is 42.9 Å². The Morgan fingerprint density at radius 1 is 1.16 bits per heavy atom. The summed E-state index contributed by atoms with van der Waals surface area (Å²) in [5.74, 6) is 1.95. The molecule has 1 saturated heterocycles. The Labute approximate surface area is 202 Å². The van der Waals surface area contributed by atoms with Gasteiger partial charge in [0.1, 0.15) is 5.82 Å². The van der Waals surface area contributed by atoms with Gasteiger partial charge in [-0.2, -0.15) is 0 Å². The highest BCUT2D eigenvalue weighted by atomic mass is 127. The number of nitrogens with one attached hydrogen (secondary N) is 1. The molecule has 1 unspecified atom stereocenters.